The first-order chi connectivity index (χ1) is 6.69. The summed E-state index contributed by atoms with van der Waals surface area (Å²) in [5, 5.41) is 0. The SMILES string of the molecule is Nc1ccc(F)cc1N1CC2(CC2)C1. The molecule has 0 unspecified atom stereocenters. The zero-order valence-electron chi connectivity index (χ0n) is 7.96. The first kappa shape index (κ1) is 8.09. The minimum atomic E-state index is -0.203. The van der Waals surface area contributed by atoms with Crippen LogP contribution in [0.15, 0.2) is 18.2 Å². The Bertz CT molecular complexity index is 377. The summed E-state index contributed by atoms with van der Waals surface area (Å²) < 4.78 is 13.0. The van der Waals surface area contributed by atoms with Gasteiger partial charge in [-0.2, -0.15) is 0 Å². The summed E-state index contributed by atoms with van der Waals surface area (Å²) >= 11 is 0. The maximum atomic E-state index is 13.0. The average molecular weight is 192 g/mol. The molecule has 0 amide bonds. The number of hydrogen-bond acceptors (Lipinski definition) is 2. The number of nitrogen functional groups attached to an aromatic ring is 1. The van der Waals surface area contributed by atoms with Crippen molar-refractivity contribution in [3.8, 4) is 0 Å². The highest BCUT2D eigenvalue weighted by Gasteiger charge is 2.52. The van der Waals surface area contributed by atoms with Crippen molar-refractivity contribution in [2.75, 3.05) is 23.7 Å². The first-order valence-electron chi connectivity index (χ1n) is 4.99. The van der Waals surface area contributed by atoms with Gasteiger partial charge in [-0.1, -0.05) is 0 Å². The van der Waals surface area contributed by atoms with Gasteiger partial charge in [0, 0.05) is 18.5 Å². The molecular weight excluding hydrogens is 179 g/mol. The van der Waals surface area contributed by atoms with Crippen LogP contribution in [0.4, 0.5) is 15.8 Å². The Morgan fingerprint density at radius 1 is 1.29 bits per heavy atom. The third-order valence-corrected chi connectivity index (χ3v) is 3.34. The van der Waals surface area contributed by atoms with Crippen molar-refractivity contribution >= 4 is 11.4 Å². The average Bonchev–Trinajstić information content (AvgIpc) is 2.86. The van der Waals surface area contributed by atoms with E-state index in [0.717, 1.165) is 18.8 Å². The van der Waals surface area contributed by atoms with Gasteiger partial charge in [0.1, 0.15) is 5.82 Å². The maximum absolute atomic E-state index is 13.0. The largest absolute Gasteiger partial charge is 0.397 e. The van der Waals surface area contributed by atoms with E-state index in [-0.39, 0.29) is 5.82 Å². The topological polar surface area (TPSA) is 29.3 Å². The first-order valence-corrected chi connectivity index (χ1v) is 4.99. The van der Waals surface area contributed by atoms with Crippen LogP contribution in [-0.4, -0.2) is 13.1 Å². The summed E-state index contributed by atoms with van der Waals surface area (Å²) in [5.41, 5.74) is 7.93. The third-order valence-electron chi connectivity index (χ3n) is 3.34. The molecule has 2 N–H and O–H groups in total. The van der Waals surface area contributed by atoms with Crippen molar-refractivity contribution in [1.82, 2.24) is 0 Å². The molecule has 1 saturated carbocycles. The van der Waals surface area contributed by atoms with Crippen molar-refractivity contribution in [2.24, 2.45) is 5.41 Å². The minimum absolute atomic E-state index is 0.203. The van der Waals surface area contributed by atoms with Crippen molar-refractivity contribution in [1.29, 1.82) is 0 Å². The molecular formula is C11H13FN2. The van der Waals surface area contributed by atoms with Crippen LogP contribution in [0.2, 0.25) is 0 Å². The van der Waals surface area contributed by atoms with Crippen LogP contribution in [0.3, 0.4) is 0 Å². The fourth-order valence-corrected chi connectivity index (χ4v) is 2.22. The Balaban J connectivity index is 1.85. The fourth-order valence-electron chi connectivity index (χ4n) is 2.22. The van der Waals surface area contributed by atoms with Gasteiger partial charge in [0.2, 0.25) is 0 Å². The van der Waals surface area contributed by atoms with Gasteiger partial charge in [-0.05, 0) is 31.0 Å². The quantitative estimate of drug-likeness (QED) is 0.690. The van der Waals surface area contributed by atoms with Gasteiger partial charge in [-0.25, -0.2) is 4.39 Å². The molecule has 2 nitrogen and oxygen atoms in total. The Hall–Kier alpha value is -1.25. The minimum Gasteiger partial charge on any atom is -0.397 e. The fraction of sp³-hybridized carbons (Fsp3) is 0.455. The molecule has 2 fully saturated rings. The number of halogens is 1. The van der Waals surface area contributed by atoms with Crippen LogP contribution in [0.25, 0.3) is 0 Å². The van der Waals surface area contributed by atoms with Gasteiger partial charge in [0.15, 0.2) is 0 Å². The summed E-state index contributed by atoms with van der Waals surface area (Å²) in [5.74, 6) is -0.203. The van der Waals surface area contributed by atoms with Gasteiger partial charge < -0.3 is 10.6 Å². The Labute approximate surface area is 82.5 Å². The lowest BCUT2D eigenvalue weighted by atomic mass is 9.96. The van der Waals surface area contributed by atoms with Gasteiger partial charge in [-0.3, -0.25) is 0 Å². The van der Waals surface area contributed by atoms with E-state index in [0.29, 0.717) is 11.1 Å². The summed E-state index contributed by atoms with van der Waals surface area (Å²) in [6, 6.07) is 4.58. The molecule has 2 aliphatic rings. The molecule has 1 heterocycles. The molecule has 14 heavy (non-hydrogen) atoms. The van der Waals surface area contributed by atoms with Gasteiger partial charge >= 0.3 is 0 Å². The molecule has 1 spiro atoms. The van der Waals surface area contributed by atoms with E-state index in [1.807, 2.05) is 0 Å². The van der Waals surface area contributed by atoms with Crippen LogP contribution in [0.1, 0.15) is 12.8 Å². The molecule has 0 aromatic heterocycles. The normalized spacial score (nSPS) is 22.2. The summed E-state index contributed by atoms with van der Waals surface area (Å²) in [7, 11) is 0. The number of nitrogens with zero attached hydrogens (tertiary/aromatic N) is 1. The Morgan fingerprint density at radius 2 is 2.00 bits per heavy atom. The molecule has 3 heteroatoms. The summed E-state index contributed by atoms with van der Waals surface area (Å²) in [6.45, 7) is 2.11. The van der Waals surface area contributed by atoms with Crippen LogP contribution in [-0.2, 0) is 0 Å². The van der Waals surface area contributed by atoms with Gasteiger partial charge in [0.25, 0.3) is 0 Å². The molecule has 1 aliphatic heterocycles. The van der Waals surface area contributed by atoms with E-state index in [1.165, 1.54) is 25.0 Å². The molecule has 3 rings (SSSR count). The third kappa shape index (κ3) is 1.08. The van der Waals surface area contributed by atoms with E-state index < -0.39 is 0 Å². The second kappa shape index (κ2) is 2.41. The zero-order valence-corrected chi connectivity index (χ0v) is 7.96. The molecule has 74 valence electrons. The zero-order chi connectivity index (χ0) is 9.76. The van der Waals surface area contributed by atoms with Crippen LogP contribution < -0.4 is 10.6 Å². The van der Waals surface area contributed by atoms with Crippen LogP contribution in [0.5, 0.6) is 0 Å². The van der Waals surface area contributed by atoms with E-state index >= 15 is 0 Å². The monoisotopic (exact) mass is 192 g/mol. The van der Waals surface area contributed by atoms with E-state index in [1.54, 1.807) is 6.07 Å². The number of hydrogen-bond donors (Lipinski definition) is 1. The van der Waals surface area contributed by atoms with Crippen molar-refractivity contribution in [3.05, 3.63) is 24.0 Å². The lowest BCUT2D eigenvalue weighted by molar-refractivity contribution is 0.387. The standard InChI is InChI=1S/C11H13FN2/c12-8-1-2-9(13)10(5-8)14-6-11(7-14)3-4-11/h1-2,5H,3-4,6-7,13H2. The number of anilines is 2. The Morgan fingerprint density at radius 3 is 2.64 bits per heavy atom. The van der Waals surface area contributed by atoms with Gasteiger partial charge in [0.05, 0.1) is 11.4 Å². The highest BCUT2D eigenvalue weighted by Crippen LogP contribution is 2.54. The molecule has 0 atom stereocenters. The molecule has 1 aromatic rings. The highest BCUT2D eigenvalue weighted by molar-refractivity contribution is 5.69. The van der Waals surface area contributed by atoms with E-state index in [4.69, 9.17) is 5.73 Å². The maximum Gasteiger partial charge on any atom is 0.125 e. The number of nitrogens with two attached hydrogens (primary N) is 1. The van der Waals surface area contributed by atoms with Crippen LogP contribution in [0, 0.1) is 11.2 Å². The van der Waals surface area contributed by atoms with E-state index in [2.05, 4.69) is 4.90 Å². The van der Waals surface area contributed by atoms with Crippen molar-refractivity contribution < 1.29 is 4.39 Å². The predicted molar refractivity (Wildman–Crippen MR) is 54.7 cm³/mol. The smallest absolute Gasteiger partial charge is 0.125 e. The predicted octanol–water partition coefficient (Wildman–Crippen LogP) is 2.01. The highest BCUT2D eigenvalue weighted by atomic mass is 19.1. The number of rotatable bonds is 1. The molecule has 0 radical (unpaired) electrons. The molecule has 0 bridgehead atoms. The second-order valence-electron chi connectivity index (χ2n) is 4.56. The lowest BCUT2D eigenvalue weighted by Crippen LogP contribution is -2.48. The summed E-state index contributed by atoms with van der Waals surface area (Å²) in [4.78, 5) is 2.17. The van der Waals surface area contributed by atoms with Gasteiger partial charge in [-0.15, -0.1) is 0 Å². The van der Waals surface area contributed by atoms with E-state index in [9.17, 15) is 4.39 Å². The summed E-state index contributed by atoms with van der Waals surface area (Å²) in [6.07, 6.45) is 2.66. The van der Waals surface area contributed by atoms with Crippen molar-refractivity contribution in [3.63, 3.8) is 0 Å². The second-order valence-corrected chi connectivity index (χ2v) is 4.56. The molecule has 1 saturated heterocycles. The molecule has 1 aromatic carbocycles. The van der Waals surface area contributed by atoms with Crippen molar-refractivity contribution in [2.45, 2.75) is 12.8 Å². The Kier molecular flexibility index (Phi) is 1.39. The van der Waals surface area contributed by atoms with Crippen LogP contribution >= 0.6 is 0 Å². The lowest BCUT2D eigenvalue weighted by Gasteiger charge is -2.42. The molecule has 1 aliphatic carbocycles. The number of benzene rings is 1.